The summed E-state index contributed by atoms with van der Waals surface area (Å²) >= 11 is 0. The molecule has 0 bridgehead atoms. The molecule has 10 heteroatoms. The van der Waals surface area contributed by atoms with Gasteiger partial charge in [-0.2, -0.15) is 18.4 Å². The molecule has 31 heavy (non-hydrogen) atoms. The van der Waals surface area contributed by atoms with Gasteiger partial charge in [0.1, 0.15) is 0 Å². The molecule has 0 aliphatic carbocycles. The lowest BCUT2D eigenvalue weighted by Crippen LogP contribution is -2.50. The molecule has 0 spiro atoms. The topological polar surface area (TPSA) is 93.4 Å². The molecule has 1 aromatic carbocycles. The number of hydrogen-bond donors (Lipinski definition) is 1. The number of carbonyl (C=O) groups is 1. The van der Waals surface area contributed by atoms with Crippen LogP contribution in [0.1, 0.15) is 28.2 Å². The Morgan fingerprint density at radius 3 is 2.68 bits per heavy atom. The normalized spacial score (nSPS) is 23.4. The van der Waals surface area contributed by atoms with Gasteiger partial charge < -0.3 is 14.9 Å². The van der Waals surface area contributed by atoms with Gasteiger partial charge in [0.05, 0.1) is 23.8 Å². The zero-order chi connectivity index (χ0) is 22.2. The number of aromatic nitrogens is 2. The van der Waals surface area contributed by atoms with Gasteiger partial charge >= 0.3 is 6.18 Å². The molecule has 0 saturated carbocycles. The fourth-order valence-corrected chi connectivity index (χ4v) is 4.53. The van der Waals surface area contributed by atoms with Crippen molar-refractivity contribution in [1.29, 1.82) is 5.26 Å². The van der Waals surface area contributed by atoms with Gasteiger partial charge in [-0.3, -0.25) is 4.79 Å². The van der Waals surface area contributed by atoms with Crippen molar-refractivity contribution in [3.05, 3.63) is 53.6 Å². The Hall–Kier alpha value is -3.19. The second-order valence-electron chi connectivity index (χ2n) is 8.01. The van der Waals surface area contributed by atoms with E-state index >= 15 is 0 Å². The first-order valence-corrected chi connectivity index (χ1v) is 9.81. The van der Waals surface area contributed by atoms with Crippen molar-refractivity contribution >= 4 is 11.6 Å². The summed E-state index contributed by atoms with van der Waals surface area (Å²) in [6, 6.07) is 6.86. The Morgan fingerprint density at radius 1 is 1.29 bits per heavy atom. The van der Waals surface area contributed by atoms with Gasteiger partial charge in [0.15, 0.2) is 0 Å². The van der Waals surface area contributed by atoms with Crippen LogP contribution in [0.25, 0.3) is 0 Å². The summed E-state index contributed by atoms with van der Waals surface area (Å²) in [7, 11) is 0. The number of rotatable bonds is 3. The van der Waals surface area contributed by atoms with E-state index in [9.17, 15) is 23.1 Å². The van der Waals surface area contributed by atoms with E-state index in [1.165, 1.54) is 24.5 Å². The zero-order valence-corrected chi connectivity index (χ0v) is 16.5. The lowest BCUT2D eigenvalue weighted by molar-refractivity contribution is -0.137. The number of aliphatic hydroxyl groups excluding tert-OH is 1. The minimum absolute atomic E-state index is 0.0933. The maximum absolute atomic E-state index is 13.4. The van der Waals surface area contributed by atoms with Crippen molar-refractivity contribution < 1.29 is 23.1 Å². The molecule has 1 N–H and O–H groups in total. The van der Waals surface area contributed by atoms with Crippen LogP contribution in [0.2, 0.25) is 0 Å². The summed E-state index contributed by atoms with van der Waals surface area (Å²) in [4.78, 5) is 24.1. The summed E-state index contributed by atoms with van der Waals surface area (Å²) < 4.78 is 40.1. The minimum atomic E-state index is -4.64. The first kappa shape index (κ1) is 21.1. The molecule has 2 aromatic rings. The molecule has 2 aliphatic heterocycles. The maximum Gasteiger partial charge on any atom is 0.417 e. The third-order valence-electron chi connectivity index (χ3n) is 6.29. The number of nitrogens with zero attached hydrogens (tertiary/aromatic N) is 5. The molecule has 2 aliphatic rings. The number of fused-ring (bicyclic) bond motifs is 1. The Balaban J connectivity index is 1.58. The van der Waals surface area contributed by atoms with E-state index in [0.717, 1.165) is 6.07 Å². The second-order valence-corrected chi connectivity index (χ2v) is 8.01. The van der Waals surface area contributed by atoms with Crippen LogP contribution in [-0.4, -0.2) is 58.7 Å². The van der Waals surface area contributed by atoms with Gasteiger partial charge in [0, 0.05) is 55.6 Å². The number of nitriles is 1. The maximum atomic E-state index is 13.4. The molecule has 1 amide bonds. The van der Waals surface area contributed by atoms with Gasteiger partial charge in [-0.1, -0.05) is 0 Å². The number of aliphatic hydroxyl groups is 1. The van der Waals surface area contributed by atoms with Crippen LogP contribution >= 0.6 is 0 Å². The standard InChI is InChI=1S/C21H20F3N5O2/c22-21(23,24)17-8-16(3-2-14(17)9-25)29-11-15-10-28(7-4-20(15,12-29)13-30)19(31)18-26-5-1-6-27-18/h1-3,5-6,8,15,30H,4,7,10-13H2/t15-,20+/m1/s1. The third kappa shape index (κ3) is 3.81. The Bertz CT molecular complexity index is 1020. The summed E-state index contributed by atoms with van der Waals surface area (Å²) in [5.74, 6) is -0.331. The van der Waals surface area contributed by atoms with Crippen LogP contribution in [0, 0.1) is 22.7 Å². The van der Waals surface area contributed by atoms with Crippen molar-refractivity contribution in [2.75, 3.05) is 37.7 Å². The molecule has 162 valence electrons. The molecular formula is C21H20F3N5O2. The smallest absolute Gasteiger partial charge is 0.396 e. The number of anilines is 1. The number of benzene rings is 1. The van der Waals surface area contributed by atoms with Crippen LogP contribution in [-0.2, 0) is 6.18 Å². The number of piperidine rings is 1. The molecular weight excluding hydrogens is 411 g/mol. The Labute approximate surface area is 176 Å². The molecule has 3 heterocycles. The van der Waals surface area contributed by atoms with Crippen LogP contribution in [0.4, 0.5) is 18.9 Å². The van der Waals surface area contributed by atoms with Crippen molar-refractivity contribution in [1.82, 2.24) is 14.9 Å². The molecule has 7 nitrogen and oxygen atoms in total. The predicted octanol–water partition coefficient (Wildman–Crippen LogP) is 2.33. The summed E-state index contributed by atoms with van der Waals surface area (Å²) in [6.45, 7) is 1.41. The first-order chi connectivity index (χ1) is 14.8. The van der Waals surface area contributed by atoms with Gasteiger partial charge in [-0.05, 0) is 30.7 Å². The van der Waals surface area contributed by atoms with Crippen LogP contribution in [0.5, 0.6) is 0 Å². The predicted molar refractivity (Wildman–Crippen MR) is 104 cm³/mol. The molecule has 4 rings (SSSR count). The number of amides is 1. The molecule has 0 radical (unpaired) electrons. The quantitative estimate of drug-likeness (QED) is 0.802. The third-order valence-corrected chi connectivity index (χ3v) is 6.29. The summed E-state index contributed by atoms with van der Waals surface area (Å²) in [6.07, 6.45) is -1.14. The van der Waals surface area contributed by atoms with Gasteiger partial charge in [-0.15, -0.1) is 0 Å². The fourth-order valence-electron chi connectivity index (χ4n) is 4.53. The van der Waals surface area contributed by atoms with Crippen molar-refractivity contribution in [2.24, 2.45) is 11.3 Å². The van der Waals surface area contributed by atoms with Crippen molar-refractivity contribution in [3.8, 4) is 6.07 Å². The summed E-state index contributed by atoms with van der Waals surface area (Å²) in [5.41, 5.74) is -1.57. The number of hydrogen-bond acceptors (Lipinski definition) is 6. The number of likely N-dealkylation sites (tertiary alicyclic amines) is 1. The highest BCUT2D eigenvalue weighted by atomic mass is 19.4. The van der Waals surface area contributed by atoms with E-state index in [4.69, 9.17) is 5.26 Å². The lowest BCUT2D eigenvalue weighted by Gasteiger charge is -2.42. The first-order valence-electron chi connectivity index (χ1n) is 9.81. The Morgan fingerprint density at radius 2 is 2.03 bits per heavy atom. The average molecular weight is 431 g/mol. The lowest BCUT2D eigenvalue weighted by atomic mass is 9.73. The molecule has 2 fully saturated rings. The van der Waals surface area contributed by atoms with Crippen molar-refractivity contribution in [3.63, 3.8) is 0 Å². The molecule has 0 unspecified atom stereocenters. The molecule has 2 saturated heterocycles. The number of alkyl halides is 3. The SMILES string of the molecule is N#Cc1ccc(N2C[C@H]3CN(C(=O)c4ncccn4)CC[C@@]3(CO)C2)cc1C(F)(F)F. The highest BCUT2D eigenvalue weighted by molar-refractivity contribution is 5.90. The monoisotopic (exact) mass is 431 g/mol. The highest BCUT2D eigenvalue weighted by Gasteiger charge is 2.50. The largest absolute Gasteiger partial charge is 0.417 e. The van der Waals surface area contributed by atoms with Crippen LogP contribution in [0.15, 0.2) is 36.7 Å². The molecule has 1 aromatic heterocycles. The summed E-state index contributed by atoms with van der Waals surface area (Å²) in [5, 5.41) is 19.2. The fraction of sp³-hybridized carbons (Fsp3) is 0.429. The second kappa shape index (κ2) is 7.81. The number of carbonyl (C=O) groups excluding carboxylic acids is 1. The minimum Gasteiger partial charge on any atom is -0.396 e. The van der Waals surface area contributed by atoms with Crippen molar-refractivity contribution in [2.45, 2.75) is 12.6 Å². The molecule has 2 atom stereocenters. The Kier molecular flexibility index (Phi) is 5.31. The van der Waals surface area contributed by atoms with Crippen LogP contribution < -0.4 is 4.90 Å². The van der Waals surface area contributed by atoms with Gasteiger partial charge in [-0.25, -0.2) is 9.97 Å². The zero-order valence-electron chi connectivity index (χ0n) is 16.5. The van der Waals surface area contributed by atoms with Gasteiger partial charge in [0.2, 0.25) is 5.82 Å². The highest BCUT2D eigenvalue weighted by Crippen LogP contribution is 2.45. The number of halogens is 3. The van der Waals surface area contributed by atoms with E-state index in [1.807, 2.05) is 0 Å². The van der Waals surface area contributed by atoms with Crippen LogP contribution in [0.3, 0.4) is 0 Å². The average Bonchev–Trinajstić information content (AvgIpc) is 3.17. The van der Waals surface area contributed by atoms with E-state index in [2.05, 4.69) is 9.97 Å². The van der Waals surface area contributed by atoms with E-state index < -0.39 is 22.7 Å². The van der Waals surface area contributed by atoms with E-state index in [1.54, 1.807) is 21.9 Å². The van der Waals surface area contributed by atoms with E-state index in [0.29, 0.717) is 38.3 Å². The van der Waals surface area contributed by atoms with E-state index in [-0.39, 0.29) is 24.3 Å². The van der Waals surface area contributed by atoms with Gasteiger partial charge in [0.25, 0.3) is 5.91 Å².